The molecule has 112 valence electrons. The average molecular weight is 321 g/mol. The maximum atomic E-state index is 11.9. The van der Waals surface area contributed by atoms with Crippen molar-refractivity contribution < 1.29 is 4.79 Å². The first kappa shape index (κ1) is 15.9. The topological polar surface area (TPSA) is 54.0 Å². The van der Waals surface area contributed by atoms with Crippen molar-refractivity contribution in [3.05, 3.63) is 41.9 Å². The Labute approximate surface area is 133 Å². The van der Waals surface area contributed by atoms with E-state index in [9.17, 15) is 4.79 Å². The average Bonchev–Trinajstić information content (AvgIpc) is 2.93. The third-order valence-corrected chi connectivity index (χ3v) is 4.73. The van der Waals surface area contributed by atoms with Crippen molar-refractivity contribution in [3.8, 4) is 0 Å². The molecule has 1 aromatic carbocycles. The first-order valence-corrected chi connectivity index (χ1v) is 8.95. The molecule has 2 aromatic rings. The number of para-hydroxylation sites is 1. The summed E-state index contributed by atoms with van der Waals surface area (Å²) in [6, 6.07) is 7.80. The minimum absolute atomic E-state index is 0.0559. The lowest BCUT2D eigenvalue weighted by molar-refractivity contribution is 0.238. The van der Waals surface area contributed by atoms with E-state index in [0.29, 0.717) is 6.54 Å². The zero-order valence-electron chi connectivity index (χ0n) is 12.0. The molecule has 2 N–H and O–H groups in total. The van der Waals surface area contributed by atoms with Crippen molar-refractivity contribution >= 4 is 39.3 Å². The van der Waals surface area contributed by atoms with Crippen molar-refractivity contribution in [2.45, 2.75) is 12.5 Å². The summed E-state index contributed by atoms with van der Waals surface area (Å²) in [6.45, 7) is 4.05. The zero-order chi connectivity index (χ0) is 15.1. The summed E-state index contributed by atoms with van der Waals surface area (Å²) in [7, 11) is 0. The number of thioether (sulfide) groups is 1. The number of hydrogen-bond acceptors (Lipinski definition) is 4. The number of rotatable bonds is 7. The summed E-state index contributed by atoms with van der Waals surface area (Å²) in [6.07, 6.45) is 4.59. The third kappa shape index (κ3) is 4.47. The summed E-state index contributed by atoms with van der Waals surface area (Å²) in [5.74, 6) is 0.975. The smallest absolute Gasteiger partial charge is 0.315 e. The molecule has 4 nitrogen and oxygen atoms in total. The molecule has 1 atom stereocenters. The van der Waals surface area contributed by atoms with E-state index >= 15 is 0 Å². The summed E-state index contributed by atoms with van der Waals surface area (Å²) < 4.78 is 1.15. The molecule has 0 aliphatic heterocycles. The van der Waals surface area contributed by atoms with Crippen molar-refractivity contribution in [2.75, 3.05) is 18.6 Å². The van der Waals surface area contributed by atoms with E-state index in [2.05, 4.69) is 34.5 Å². The van der Waals surface area contributed by atoms with Gasteiger partial charge in [0.25, 0.3) is 0 Å². The Kier molecular flexibility index (Phi) is 6.07. The van der Waals surface area contributed by atoms with Gasteiger partial charge in [0.1, 0.15) is 5.01 Å². The van der Waals surface area contributed by atoms with Crippen LogP contribution in [0.3, 0.4) is 0 Å². The fourth-order valence-electron chi connectivity index (χ4n) is 1.91. The lowest BCUT2D eigenvalue weighted by Crippen LogP contribution is -2.38. The number of nitrogens with one attached hydrogen (secondary N) is 2. The number of carbonyl (C=O) groups excluding carboxylic acids is 1. The summed E-state index contributed by atoms with van der Waals surface area (Å²) in [5.41, 5.74) is 0.986. The lowest BCUT2D eigenvalue weighted by atomic mass is 10.2. The van der Waals surface area contributed by atoms with Gasteiger partial charge in [-0.3, -0.25) is 0 Å². The van der Waals surface area contributed by atoms with Crippen LogP contribution < -0.4 is 10.6 Å². The second kappa shape index (κ2) is 8.05. The van der Waals surface area contributed by atoms with Crippen LogP contribution in [0, 0.1) is 0 Å². The molecule has 0 radical (unpaired) electrons. The number of amides is 2. The molecule has 0 bridgehead atoms. The second-order valence-corrected chi connectivity index (χ2v) is 6.54. The first-order chi connectivity index (χ1) is 10.2. The Bertz CT molecular complexity index is 579. The molecular formula is C15H19N3OS2. The van der Waals surface area contributed by atoms with Gasteiger partial charge in [0.15, 0.2) is 0 Å². The number of urea groups is 1. The van der Waals surface area contributed by atoms with E-state index in [-0.39, 0.29) is 12.1 Å². The highest BCUT2D eigenvalue weighted by Crippen LogP contribution is 2.28. The van der Waals surface area contributed by atoms with Crippen LogP contribution in [-0.4, -0.2) is 29.6 Å². The second-order valence-electron chi connectivity index (χ2n) is 4.50. The molecule has 0 aliphatic rings. The van der Waals surface area contributed by atoms with Gasteiger partial charge in [-0.05, 0) is 30.6 Å². The number of carbonyl (C=O) groups is 1. The number of hydrogen-bond donors (Lipinski definition) is 2. The summed E-state index contributed by atoms with van der Waals surface area (Å²) >= 11 is 3.40. The molecule has 0 saturated heterocycles. The van der Waals surface area contributed by atoms with Crippen LogP contribution in [0.1, 0.15) is 17.5 Å². The van der Waals surface area contributed by atoms with Crippen molar-refractivity contribution in [1.29, 1.82) is 0 Å². The van der Waals surface area contributed by atoms with E-state index in [0.717, 1.165) is 27.4 Å². The number of fused-ring (bicyclic) bond motifs is 1. The van der Waals surface area contributed by atoms with E-state index in [1.807, 2.05) is 18.2 Å². The minimum Gasteiger partial charge on any atom is -0.335 e. The normalized spacial score (nSPS) is 12.0. The maximum Gasteiger partial charge on any atom is 0.315 e. The SMILES string of the molecule is C=CCNC(=O)N[C@@H](CCSC)c1nc2ccccc2s1. The Hall–Kier alpha value is -1.53. The molecule has 0 fully saturated rings. The van der Waals surface area contributed by atoms with Gasteiger partial charge in [0.05, 0.1) is 16.3 Å². The van der Waals surface area contributed by atoms with Crippen LogP contribution in [0.2, 0.25) is 0 Å². The first-order valence-electron chi connectivity index (χ1n) is 6.74. The zero-order valence-corrected chi connectivity index (χ0v) is 13.6. The van der Waals surface area contributed by atoms with E-state index in [1.165, 1.54) is 0 Å². The van der Waals surface area contributed by atoms with Crippen LogP contribution in [0.15, 0.2) is 36.9 Å². The van der Waals surface area contributed by atoms with Crippen LogP contribution >= 0.6 is 23.1 Å². The van der Waals surface area contributed by atoms with Crippen LogP contribution in [0.5, 0.6) is 0 Å². The quantitative estimate of drug-likeness (QED) is 0.767. The lowest BCUT2D eigenvalue weighted by Gasteiger charge is -2.16. The predicted octanol–water partition coefficient (Wildman–Crippen LogP) is 3.58. The van der Waals surface area contributed by atoms with Gasteiger partial charge in [-0.25, -0.2) is 9.78 Å². The van der Waals surface area contributed by atoms with Gasteiger partial charge >= 0.3 is 6.03 Å². The molecule has 0 spiro atoms. The number of nitrogens with zero attached hydrogens (tertiary/aromatic N) is 1. The Morgan fingerprint density at radius 3 is 3.05 bits per heavy atom. The van der Waals surface area contributed by atoms with Crippen LogP contribution in [0.4, 0.5) is 4.79 Å². The third-order valence-electron chi connectivity index (χ3n) is 2.93. The Balaban J connectivity index is 2.14. The van der Waals surface area contributed by atoms with Crippen LogP contribution in [0.25, 0.3) is 10.2 Å². The van der Waals surface area contributed by atoms with Gasteiger partial charge in [0, 0.05) is 6.54 Å². The van der Waals surface area contributed by atoms with Crippen molar-refractivity contribution in [1.82, 2.24) is 15.6 Å². The molecule has 2 amide bonds. The van der Waals surface area contributed by atoms with Gasteiger partial charge < -0.3 is 10.6 Å². The number of thiazole rings is 1. The Morgan fingerprint density at radius 1 is 1.52 bits per heavy atom. The fraction of sp³-hybridized carbons (Fsp3) is 0.333. The van der Waals surface area contributed by atoms with Gasteiger partial charge in [-0.2, -0.15) is 11.8 Å². The predicted molar refractivity (Wildman–Crippen MR) is 92.1 cm³/mol. The fourth-order valence-corrected chi connectivity index (χ4v) is 3.43. The molecule has 2 rings (SSSR count). The highest BCUT2D eigenvalue weighted by molar-refractivity contribution is 7.98. The Morgan fingerprint density at radius 2 is 2.33 bits per heavy atom. The van der Waals surface area contributed by atoms with Crippen molar-refractivity contribution in [2.24, 2.45) is 0 Å². The van der Waals surface area contributed by atoms with Crippen LogP contribution in [-0.2, 0) is 0 Å². The molecule has 0 aliphatic carbocycles. The molecule has 1 aromatic heterocycles. The maximum absolute atomic E-state index is 11.9. The van der Waals surface area contributed by atoms with Crippen molar-refractivity contribution in [3.63, 3.8) is 0 Å². The molecule has 0 saturated carbocycles. The van der Waals surface area contributed by atoms with E-state index in [4.69, 9.17) is 0 Å². The molecule has 1 heterocycles. The van der Waals surface area contributed by atoms with E-state index < -0.39 is 0 Å². The van der Waals surface area contributed by atoms with Gasteiger partial charge in [-0.1, -0.05) is 18.2 Å². The largest absolute Gasteiger partial charge is 0.335 e. The molecule has 0 unspecified atom stereocenters. The number of aromatic nitrogens is 1. The van der Waals surface area contributed by atoms with Gasteiger partial charge in [0.2, 0.25) is 0 Å². The monoisotopic (exact) mass is 321 g/mol. The molecular weight excluding hydrogens is 302 g/mol. The van der Waals surface area contributed by atoms with E-state index in [1.54, 1.807) is 29.2 Å². The highest BCUT2D eigenvalue weighted by Gasteiger charge is 2.18. The highest BCUT2D eigenvalue weighted by atomic mass is 32.2. The standard InChI is InChI=1S/C15H19N3OS2/c1-3-9-16-15(19)18-12(8-10-20-2)14-17-11-6-4-5-7-13(11)21-14/h3-7,12H,1,8-10H2,2H3,(H2,16,18,19)/t12-/m0/s1. The number of benzene rings is 1. The summed E-state index contributed by atoms with van der Waals surface area (Å²) in [5, 5.41) is 6.70. The van der Waals surface area contributed by atoms with Gasteiger partial charge in [-0.15, -0.1) is 17.9 Å². The molecule has 6 heteroatoms. The summed E-state index contributed by atoms with van der Waals surface area (Å²) in [4.78, 5) is 16.5. The minimum atomic E-state index is -0.180. The molecule has 21 heavy (non-hydrogen) atoms.